The van der Waals surface area contributed by atoms with Crippen LogP contribution >= 0.6 is 0 Å². The molecular weight excluding hydrogens is 442 g/mol. The minimum atomic E-state index is -0.115. The van der Waals surface area contributed by atoms with Crippen molar-refractivity contribution in [1.29, 1.82) is 5.26 Å². The third kappa shape index (κ3) is 5.69. The lowest BCUT2D eigenvalue weighted by Gasteiger charge is -2.30. The van der Waals surface area contributed by atoms with Crippen molar-refractivity contribution in [2.45, 2.75) is 63.6 Å². The van der Waals surface area contributed by atoms with E-state index in [0.717, 1.165) is 49.8 Å². The maximum atomic E-state index is 12.6. The van der Waals surface area contributed by atoms with Crippen molar-refractivity contribution in [3.05, 3.63) is 58.9 Å². The van der Waals surface area contributed by atoms with Crippen LogP contribution in [0.15, 0.2) is 36.5 Å². The van der Waals surface area contributed by atoms with Gasteiger partial charge in [-0.2, -0.15) is 15.3 Å². The molecule has 5 N–H and O–H groups in total. The fourth-order valence-corrected chi connectivity index (χ4v) is 4.88. The molecule has 1 unspecified atom stereocenters. The van der Waals surface area contributed by atoms with Crippen LogP contribution in [0, 0.1) is 18.3 Å². The molecule has 1 fully saturated rings. The van der Waals surface area contributed by atoms with Crippen LogP contribution in [0.25, 0.3) is 0 Å². The number of fused-ring (bicyclic) bond motifs is 1. The highest BCUT2D eigenvalue weighted by Crippen LogP contribution is 2.24. The molecule has 1 saturated carbocycles. The van der Waals surface area contributed by atoms with Gasteiger partial charge in [0.15, 0.2) is 5.82 Å². The highest BCUT2D eigenvalue weighted by molar-refractivity contribution is 5.75. The van der Waals surface area contributed by atoms with Gasteiger partial charge >= 0.3 is 6.03 Å². The van der Waals surface area contributed by atoms with Crippen LogP contribution in [-0.2, 0) is 12.8 Å². The molecule has 5 rings (SSSR count). The maximum Gasteiger partial charge on any atom is 0.315 e. The van der Waals surface area contributed by atoms with Crippen molar-refractivity contribution in [3.8, 4) is 6.07 Å². The number of carbonyl (C=O) groups excluding carboxylic acids is 1. The van der Waals surface area contributed by atoms with E-state index in [2.05, 4.69) is 47.5 Å². The molecule has 2 aliphatic rings. The Labute approximate surface area is 204 Å². The Balaban J connectivity index is 1.06. The lowest BCUT2D eigenvalue weighted by molar-refractivity contribution is 0.228. The van der Waals surface area contributed by atoms with Crippen LogP contribution < -0.4 is 21.3 Å². The number of aromatic nitrogens is 4. The molecule has 0 spiro atoms. The molecule has 1 aromatic carbocycles. The van der Waals surface area contributed by atoms with Crippen LogP contribution in [0.1, 0.15) is 48.1 Å². The van der Waals surface area contributed by atoms with E-state index in [1.165, 1.54) is 5.56 Å². The lowest BCUT2D eigenvalue weighted by atomic mass is 9.91. The second-order valence-electron chi connectivity index (χ2n) is 9.34. The van der Waals surface area contributed by atoms with Crippen molar-refractivity contribution in [2.24, 2.45) is 0 Å². The number of H-pyrrole nitrogens is 1. The van der Waals surface area contributed by atoms with E-state index < -0.39 is 0 Å². The van der Waals surface area contributed by atoms with E-state index in [0.29, 0.717) is 23.1 Å². The molecule has 2 amide bonds. The number of amides is 2. The number of hydrogen-bond donors (Lipinski definition) is 5. The highest BCUT2D eigenvalue weighted by atomic mass is 16.2. The minimum Gasteiger partial charge on any atom is -0.351 e. The van der Waals surface area contributed by atoms with Crippen LogP contribution in [-0.4, -0.2) is 44.3 Å². The average Bonchev–Trinajstić information content (AvgIpc) is 3.44. The SMILES string of the molecule is Cc1cc(Nc2ccnc(NC3CCC(NC(=O)NC4Cc5ccc(C#N)cc5C4)CC3)n2)n[nH]1. The Bertz CT molecular complexity index is 1240. The monoisotopic (exact) mass is 471 g/mol. The Hall–Kier alpha value is -4.13. The summed E-state index contributed by atoms with van der Waals surface area (Å²) in [6.45, 7) is 1.94. The molecule has 0 saturated heterocycles. The number of hydrogen-bond acceptors (Lipinski definition) is 7. The fraction of sp³-hybridized carbons (Fsp3) is 0.400. The summed E-state index contributed by atoms with van der Waals surface area (Å²) < 4.78 is 0. The molecule has 10 nitrogen and oxygen atoms in total. The third-order valence-corrected chi connectivity index (χ3v) is 6.62. The Morgan fingerprint density at radius 1 is 1.00 bits per heavy atom. The summed E-state index contributed by atoms with van der Waals surface area (Å²) in [5.74, 6) is 1.97. The summed E-state index contributed by atoms with van der Waals surface area (Å²) in [5, 5.41) is 29.0. The Morgan fingerprint density at radius 2 is 1.77 bits per heavy atom. The summed E-state index contributed by atoms with van der Waals surface area (Å²) in [6.07, 6.45) is 6.93. The molecule has 180 valence electrons. The van der Waals surface area contributed by atoms with E-state index in [1.54, 1.807) is 12.3 Å². The third-order valence-electron chi connectivity index (χ3n) is 6.62. The number of aromatic amines is 1. The van der Waals surface area contributed by atoms with E-state index in [4.69, 9.17) is 5.26 Å². The van der Waals surface area contributed by atoms with Crippen molar-refractivity contribution in [1.82, 2.24) is 30.8 Å². The first-order valence-electron chi connectivity index (χ1n) is 12.0. The Morgan fingerprint density at radius 3 is 2.54 bits per heavy atom. The number of benzene rings is 1. The van der Waals surface area contributed by atoms with Crippen molar-refractivity contribution in [3.63, 3.8) is 0 Å². The topological polar surface area (TPSA) is 143 Å². The highest BCUT2D eigenvalue weighted by Gasteiger charge is 2.26. The van der Waals surface area contributed by atoms with Crippen LogP contribution in [0.4, 0.5) is 22.4 Å². The fourth-order valence-electron chi connectivity index (χ4n) is 4.88. The summed E-state index contributed by atoms with van der Waals surface area (Å²) in [7, 11) is 0. The van der Waals surface area contributed by atoms with Crippen molar-refractivity contribution >= 4 is 23.6 Å². The molecule has 35 heavy (non-hydrogen) atoms. The molecule has 0 aliphatic heterocycles. The second kappa shape index (κ2) is 10.0. The number of nitrogens with one attached hydrogen (secondary N) is 5. The molecule has 2 heterocycles. The number of aryl methyl sites for hydroxylation is 1. The van der Waals surface area contributed by atoms with Gasteiger partial charge in [0.05, 0.1) is 11.6 Å². The first-order valence-corrected chi connectivity index (χ1v) is 12.0. The average molecular weight is 472 g/mol. The number of urea groups is 1. The van der Waals surface area contributed by atoms with Gasteiger partial charge in [-0.15, -0.1) is 0 Å². The number of nitriles is 1. The van der Waals surface area contributed by atoms with Gasteiger partial charge < -0.3 is 21.3 Å². The zero-order chi connectivity index (χ0) is 24.2. The molecule has 2 aromatic heterocycles. The van der Waals surface area contributed by atoms with E-state index >= 15 is 0 Å². The number of rotatable bonds is 6. The molecule has 0 bridgehead atoms. The van der Waals surface area contributed by atoms with Crippen molar-refractivity contribution in [2.75, 3.05) is 10.6 Å². The molecule has 10 heteroatoms. The van der Waals surface area contributed by atoms with Gasteiger partial charge in [-0.05, 0) is 74.8 Å². The van der Waals surface area contributed by atoms with Gasteiger partial charge in [0, 0.05) is 36.1 Å². The molecule has 2 aliphatic carbocycles. The second-order valence-corrected chi connectivity index (χ2v) is 9.34. The zero-order valence-electron chi connectivity index (χ0n) is 19.6. The van der Waals surface area contributed by atoms with Gasteiger partial charge in [-0.1, -0.05) is 6.07 Å². The van der Waals surface area contributed by atoms with Gasteiger partial charge in [0.25, 0.3) is 0 Å². The minimum absolute atomic E-state index is 0.0698. The molecule has 3 aromatic rings. The predicted octanol–water partition coefficient (Wildman–Crippen LogP) is 3.31. The molecule has 1 atom stereocenters. The number of nitrogens with zero attached hydrogens (tertiary/aromatic N) is 4. The van der Waals surface area contributed by atoms with E-state index in [9.17, 15) is 4.79 Å². The van der Waals surface area contributed by atoms with Gasteiger partial charge in [-0.3, -0.25) is 5.10 Å². The quantitative estimate of drug-likeness (QED) is 0.371. The van der Waals surface area contributed by atoms with Crippen LogP contribution in [0.3, 0.4) is 0 Å². The van der Waals surface area contributed by atoms with Gasteiger partial charge in [-0.25, -0.2) is 9.78 Å². The summed E-state index contributed by atoms with van der Waals surface area (Å²) in [6, 6.07) is 12.0. The first-order chi connectivity index (χ1) is 17.0. The lowest BCUT2D eigenvalue weighted by Crippen LogP contribution is -2.48. The van der Waals surface area contributed by atoms with Crippen molar-refractivity contribution < 1.29 is 4.79 Å². The number of carbonyl (C=O) groups is 1. The van der Waals surface area contributed by atoms with E-state index in [1.807, 2.05) is 31.2 Å². The van der Waals surface area contributed by atoms with Crippen LogP contribution in [0.5, 0.6) is 0 Å². The maximum absolute atomic E-state index is 12.6. The normalized spacial score (nSPS) is 21.0. The summed E-state index contributed by atoms with van der Waals surface area (Å²) >= 11 is 0. The largest absolute Gasteiger partial charge is 0.351 e. The zero-order valence-corrected chi connectivity index (χ0v) is 19.6. The van der Waals surface area contributed by atoms with Gasteiger partial charge in [0.2, 0.25) is 5.95 Å². The van der Waals surface area contributed by atoms with E-state index in [-0.39, 0.29) is 24.2 Å². The Kier molecular flexibility index (Phi) is 6.48. The van der Waals surface area contributed by atoms with Crippen LogP contribution in [0.2, 0.25) is 0 Å². The first kappa shape index (κ1) is 22.7. The summed E-state index contributed by atoms with van der Waals surface area (Å²) in [5.41, 5.74) is 4.01. The van der Waals surface area contributed by atoms with Gasteiger partial charge in [0.1, 0.15) is 5.82 Å². The predicted molar refractivity (Wildman–Crippen MR) is 132 cm³/mol. The summed E-state index contributed by atoms with van der Waals surface area (Å²) in [4.78, 5) is 21.5. The number of anilines is 3. The smallest absolute Gasteiger partial charge is 0.315 e. The standard InChI is InChI=1S/C25H29N9O/c1-15-10-23(34-33-15)31-22-8-9-27-24(32-22)28-19-4-6-20(7-5-19)29-25(35)30-21-12-17-3-2-16(14-26)11-18(17)13-21/h2-3,8-11,19-21H,4-7,12-13H2,1H3,(H2,29,30,35)(H3,27,28,31,32,33,34). The molecule has 0 radical (unpaired) electrons. The molecular formula is C25H29N9O.